The van der Waals surface area contributed by atoms with Crippen LogP contribution >= 0.6 is 0 Å². The number of aromatic carboxylic acids is 1. The van der Waals surface area contributed by atoms with E-state index < -0.39 is 5.97 Å². The number of anilines is 1. The molecule has 0 bridgehead atoms. The number of nitrogen functional groups attached to an aromatic ring is 1. The molecule has 0 radical (unpaired) electrons. The number of carbonyl (C=O) groups is 1. The van der Waals surface area contributed by atoms with E-state index in [0.29, 0.717) is 23.1 Å². The highest BCUT2D eigenvalue weighted by atomic mass is 16.4. The first-order valence-electron chi connectivity index (χ1n) is 7.08. The van der Waals surface area contributed by atoms with Gasteiger partial charge < -0.3 is 10.8 Å². The Labute approximate surface area is 128 Å². The number of rotatable bonds is 3. The van der Waals surface area contributed by atoms with E-state index in [1.54, 1.807) is 10.6 Å². The van der Waals surface area contributed by atoms with Crippen molar-refractivity contribution >= 4 is 17.4 Å². The van der Waals surface area contributed by atoms with E-state index in [1.165, 1.54) is 17.7 Å². The Morgan fingerprint density at radius 2 is 1.91 bits per heavy atom. The van der Waals surface area contributed by atoms with Gasteiger partial charge in [-0.3, -0.25) is 4.40 Å². The molecule has 0 aliphatic heterocycles. The molecule has 2 aromatic heterocycles. The average Bonchev–Trinajstić information content (AvgIpc) is 2.84. The zero-order valence-corrected chi connectivity index (χ0v) is 12.4. The van der Waals surface area contributed by atoms with Crippen molar-refractivity contribution in [3.63, 3.8) is 0 Å². The zero-order chi connectivity index (χ0) is 15.9. The Morgan fingerprint density at radius 1 is 1.23 bits per heavy atom. The first-order chi connectivity index (χ1) is 10.5. The lowest BCUT2D eigenvalue weighted by Crippen LogP contribution is -1.99. The highest BCUT2D eigenvalue weighted by Crippen LogP contribution is 2.28. The van der Waals surface area contributed by atoms with Crippen molar-refractivity contribution in [1.29, 1.82) is 0 Å². The molecular formula is C17H17N3O2. The van der Waals surface area contributed by atoms with E-state index in [9.17, 15) is 4.79 Å². The second-order valence-electron chi connectivity index (χ2n) is 5.57. The van der Waals surface area contributed by atoms with Gasteiger partial charge in [-0.2, -0.15) is 0 Å². The molecule has 0 saturated carbocycles. The molecule has 3 N–H and O–H groups in total. The van der Waals surface area contributed by atoms with Crippen molar-refractivity contribution in [3.05, 3.63) is 53.7 Å². The van der Waals surface area contributed by atoms with Crippen LogP contribution in [0, 0.1) is 0 Å². The molecule has 0 aliphatic carbocycles. The van der Waals surface area contributed by atoms with E-state index >= 15 is 0 Å². The Balaban J connectivity index is 2.10. The summed E-state index contributed by atoms with van der Waals surface area (Å²) in [5, 5.41) is 9.05. The molecule has 0 fully saturated rings. The molecule has 5 nitrogen and oxygen atoms in total. The van der Waals surface area contributed by atoms with Crippen molar-refractivity contribution in [2.75, 3.05) is 5.73 Å². The van der Waals surface area contributed by atoms with Gasteiger partial charge in [0.25, 0.3) is 0 Å². The van der Waals surface area contributed by atoms with Gasteiger partial charge in [-0.1, -0.05) is 38.1 Å². The fraction of sp³-hybridized carbons (Fsp3) is 0.176. The number of fused-ring (bicyclic) bond motifs is 1. The maximum Gasteiger partial charge on any atom is 0.335 e. The SMILES string of the molecule is CC(C)c1ccc(-c2nc3cc(C(=O)O)ccn3c2N)cc1. The molecule has 3 aromatic rings. The van der Waals surface area contributed by atoms with Gasteiger partial charge in [0.1, 0.15) is 17.2 Å². The number of aromatic nitrogens is 2. The first kappa shape index (κ1) is 14.1. The summed E-state index contributed by atoms with van der Waals surface area (Å²) in [7, 11) is 0. The van der Waals surface area contributed by atoms with Crippen LogP contribution in [0.25, 0.3) is 16.9 Å². The summed E-state index contributed by atoms with van der Waals surface area (Å²) in [6, 6.07) is 11.1. The van der Waals surface area contributed by atoms with E-state index in [-0.39, 0.29) is 5.56 Å². The van der Waals surface area contributed by atoms with Crippen LogP contribution in [0.1, 0.15) is 35.7 Å². The molecule has 1 aromatic carbocycles. The summed E-state index contributed by atoms with van der Waals surface area (Å²) in [6.45, 7) is 4.28. The number of carboxylic acids is 1. The fourth-order valence-corrected chi connectivity index (χ4v) is 2.44. The third kappa shape index (κ3) is 2.30. The smallest absolute Gasteiger partial charge is 0.335 e. The van der Waals surface area contributed by atoms with Crippen LogP contribution < -0.4 is 5.73 Å². The molecule has 0 unspecified atom stereocenters. The summed E-state index contributed by atoms with van der Waals surface area (Å²) in [4.78, 5) is 15.5. The van der Waals surface area contributed by atoms with Gasteiger partial charge in [0, 0.05) is 11.8 Å². The number of nitrogens with two attached hydrogens (primary N) is 1. The lowest BCUT2D eigenvalue weighted by atomic mass is 10.0. The minimum atomic E-state index is -0.980. The maximum atomic E-state index is 11.0. The van der Waals surface area contributed by atoms with Crippen LogP contribution in [-0.2, 0) is 0 Å². The van der Waals surface area contributed by atoms with Crippen LogP contribution in [0.4, 0.5) is 5.82 Å². The molecular weight excluding hydrogens is 278 g/mol. The van der Waals surface area contributed by atoms with E-state index in [4.69, 9.17) is 10.8 Å². The topological polar surface area (TPSA) is 80.6 Å². The third-order valence-corrected chi connectivity index (χ3v) is 3.76. The monoisotopic (exact) mass is 295 g/mol. The number of hydrogen-bond acceptors (Lipinski definition) is 3. The summed E-state index contributed by atoms with van der Waals surface area (Å²) in [6.07, 6.45) is 1.63. The molecule has 0 aliphatic rings. The van der Waals surface area contributed by atoms with Gasteiger partial charge in [0.15, 0.2) is 0 Å². The van der Waals surface area contributed by atoms with Crippen molar-refractivity contribution < 1.29 is 9.90 Å². The van der Waals surface area contributed by atoms with Gasteiger partial charge in [-0.05, 0) is 23.6 Å². The van der Waals surface area contributed by atoms with E-state index in [0.717, 1.165) is 5.56 Å². The quantitative estimate of drug-likeness (QED) is 0.776. The molecule has 5 heteroatoms. The van der Waals surface area contributed by atoms with Gasteiger partial charge in [0.05, 0.1) is 5.56 Å². The van der Waals surface area contributed by atoms with Gasteiger partial charge in [0.2, 0.25) is 0 Å². The second-order valence-corrected chi connectivity index (χ2v) is 5.57. The summed E-state index contributed by atoms with van der Waals surface area (Å²) in [5.74, 6) is -0.0123. The van der Waals surface area contributed by atoms with Crippen LogP contribution in [0.3, 0.4) is 0 Å². The number of pyridine rings is 1. The zero-order valence-electron chi connectivity index (χ0n) is 12.4. The molecule has 0 amide bonds. The molecule has 3 rings (SSSR count). The van der Waals surface area contributed by atoms with Gasteiger partial charge >= 0.3 is 5.97 Å². The number of hydrogen-bond donors (Lipinski definition) is 2. The Bertz CT molecular complexity index is 848. The highest BCUT2D eigenvalue weighted by molar-refractivity contribution is 5.89. The van der Waals surface area contributed by atoms with Gasteiger partial charge in [-0.25, -0.2) is 9.78 Å². The van der Waals surface area contributed by atoms with Gasteiger partial charge in [-0.15, -0.1) is 0 Å². The standard InChI is InChI=1S/C17H17N3O2/c1-10(2)11-3-5-12(6-4-11)15-16(18)20-8-7-13(17(21)22)9-14(20)19-15/h3-10H,18H2,1-2H3,(H,21,22). The molecule has 0 saturated heterocycles. The Morgan fingerprint density at radius 3 is 2.50 bits per heavy atom. The molecule has 112 valence electrons. The largest absolute Gasteiger partial charge is 0.478 e. The number of nitrogens with zero attached hydrogens (tertiary/aromatic N) is 2. The summed E-state index contributed by atoms with van der Waals surface area (Å²) < 4.78 is 1.69. The lowest BCUT2D eigenvalue weighted by Gasteiger charge is -2.06. The van der Waals surface area contributed by atoms with Crippen molar-refractivity contribution in [2.45, 2.75) is 19.8 Å². The van der Waals surface area contributed by atoms with Crippen LogP contribution in [0.5, 0.6) is 0 Å². The van der Waals surface area contributed by atoms with Crippen molar-refractivity contribution in [3.8, 4) is 11.3 Å². The van der Waals surface area contributed by atoms with Crippen LogP contribution in [0.15, 0.2) is 42.6 Å². The minimum Gasteiger partial charge on any atom is -0.478 e. The second kappa shape index (κ2) is 5.18. The Hall–Kier alpha value is -2.82. The van der Waals surface area contributed by atoms with E-state index in [1.807, 2.05) is 12.1 Å². The third-order valence-electron chi connectivity index (χ3n) is 3.76. The average molecular weight is 295 g/mol. The molecule has 2 heterocycles. The minimum absolute atomic E-state index is 0.194. The first-order valence-corrected chi connectivity index (χ1v) is 7.08. The summed E-state index contributed by atoms with van der Waals surface area (Å²) in [5.41, 5.74) is 9.70. The Kier molecular flexibility index (Phi) is 3.33. The lowest BCUT2D eigenvalue weighted by molar-refractivity contribution is 0.0697. The maximum absolute atomic E-state index is 11.0. The number of benzene rings is 1. The van der Waals surface area contributed by atoms with E-state index in [2.05, 4.69) is 31.0 Å². The molecule has 0 atom stereocenters. The highest BCUT2D eigenvalue weighted by Gasteiger charge is 2.13. The fourth-order valence-electron chi connectivity index (χ4n) is 2.44. The predicted octanol–water partition coefficient (Wildman–Crippen LogP) is 3.41. The van der Waals surface area contributed by atoms with Crippen LogP contribution in [-0.4, -0.2) is 20.5 Å². The normalized spacial score (nSPS) is 11.2. The van der Waals surface area contributed by atoms with Crippen LogP contribution in [0.2, 0.25) is 0 Å². The molecule has 0 spiro atoms. The van der Waals surface area contributed by atoms with Crippen molar-refractivity contribution in [1.82, 2.24) is 9.38 Å². The summed E-state index contributed by atoms with van der Waals surface area (Å²) >= 11 is 0. The molecule has 22 heavy (non-hydrogen) atoms. The number of imidazole rings is 1. The predicted molar refractivity (Wildman–Crippen MR) is 86.1 cm³/mol. The number of carboxylic acid groups (broad SMARTS) is 1. The van der Waals surface area contributed by atoms with Crippen molar-refractivity contribution in [2.24, 2.45) is 0 Å².